The Balaban J connectivity index is 2.43. The Labute approximate surface area is 129 Å². The van der Waals surface area contributed by atoms with Crippen LogP contribution < -0.4 is 4.57 Å². The lowest BCUT2D eigenvalue weighted by atomic mass is 10.3. The summed E-state index contributed by atoms with van der Waals surface area (Å²) in [6, 6.07) is 9.59. The molecule has 1 aromatic heterocycles. The van der Waals surface area contributed by atoms with E-state index in [4.69, 9.17) is 4.74 Å². The van der Waals surface area contributed by atoms with Crippen LogP contribution in [-0.2, 0) is 27.3 Å². The zero-order valence-corrected chi connectivity index (χ0v) is 13.1. The van der Waals surface area contributed by atoms with Gasteiger partial charge in [0.2, 0.25) is 5.82 Å². The van der Waals surface area contributed by atoms with E-state index in [2.05, 4.69) is 5.10 Å². The molecule has 0 amide bonds. The largest absolute Gasteiger partial charge is 0.464 e. The van der Waals surface area contributed by atoms with Gasteiger partial charge in [0, 0.05) is 12.0 Å². The van der Waals surface area contributed by atoms with Crippen molar-refractivity contribution in [3.05, 3.63) is 42.0 Å². The van der Waals surface area contributed by atoms with Crippen molar-refractivity contribution in [3.8, 4) is 5.69 Å². The van der Waals surface area contributed by atoms with Crippen LogP contribution >= 0.6 is 0 Å². The van der Waals surface area contributed by atoms with Crippen LogP contribution in [0.5, 0.6) is 0 Å². The quantitative estimate of drug-likeness (QED) is 0.593. The first kappa shape index (κ1) is 15.9. The van der Waals surface area contributed by atoms with Crippen molar-refractivity contribution in [1.29, 1.82) is 0 Å². The number of hydrogen-bond donors (Lipinski definition) is 0. The number of rotatable bonds is 6. The fraction of sp³-hybridized carbons (Fsp3) is 0.375. The third-order valence-electron chi connectivity index (χ3n) is 3.22. The Morgan fingerprint density at radius 3 is 2.55 bits per heavy atom. The van der Waals surface area contributed by atoms with Crippen molar-refractivity contribution < 1.29 is 18.9 Å². The number of carbonyl (C=O) groups is 2. The molecule has 116 valence electrons. The first-order valence-corrected chi connectivity index (χ1v) is 7.21. The molecule has 0 atom stereocenters. The molecule has 2 rings (SSSR count). The number of ketones is 1. The summed E-state index contributed by atoms with van der Waals surface area (Å²) in [6.45, 7) is 5.51. The van der Waals surface area contributed by atoms with E-state index in [1.165, 1.54) is 6.92 Å². The predicted molar refractivity (Wildman–Crippen MR) is 79.5 cm³/mol. The molecule has 0 saturated carbocycles. The summed E-state index contributed by atoms with van der Waals surface area (Å²) in [5.41, 5.74) is 0.882. The smallest absolute Gasteiger partial charge is 0.340 e. The molecule has 0 saturated heterocycles. The summed E-state index contributed by atoms with van der Waals surface area (Å²) < 4.78 is 8.46. The van der Waals surface area contributed by atoms with Crippen molar-refractivity contribution in [2.75, 3.05) is 6.61 Å². The lowest BCUT2D eigenvalue weighted by molar-refractivity contribution is -0.699. The van der Waals surface area contributed by atoms with E-state index < -0.39 is 0 Å². The van der Waals surface area contributed by atoms with Gasteiger partial charge in [0.1, 0.15) is 11.5 Å². The van der Waals surface area contributed by atoms with E-state index in [0.717, 1.165) is 11.5 Å². The maximum Gasteiger partial charge on any atom is 0.340 e. The van der Waals surface area contributed by atoms with Gasteiger partial charge in [-0.1, -0.05) is 22.9 Å². The second-order valence-electron chi connectivity index (χ2n) is 4.98. The van der Waals surface area contributed by atoms with Gasteiger partial charge in [-0.2, -0.15) is 0 Å². The summed E-state index contributed by atoms with van der Waals surface area (Å²) in [4.78, 5) is 23.2. The molecule has 0 spiro atoms. The number of para-hydroxylation sites is 1. The first-order valence-electron chi connectivity index (χ1n) is 7.21. The van der Waals surface area contributed by atoms with E-state index in [0.29, 0.717) is 12.4 Å². The molecular formula is C16H20N3O3+. The molecule has 0 N–H and O–H groups in total. The highest BCUT2D eigenvalue weighted by Gasteiger charge is 2.26. The molecule has 1 heterocycles. The van der Waals surface area contributed by atoms with Crippen molar-refractivity contribution in [2.24, 2.45) is 0 Å². The normalized spacial score (nSPS) is 10.5. The van der Waals surface area contributed by atoms with Gasteiger partial charge in [-0.05, 0) is 26.0 Å². The molecule has 0 aliphatic heterocycles. The molecule has 2 aromatic rings. The van der Waals surface area contributed by atoms with Crippen LogP contribution in [0.2, 0.25) is 0 Å². The van der Waals surface area contributed by atoms with Crippen LogP contribution in [0.1, 0.15) is 25.5 Å². The second-order valence-corrected chi connectivity index (χ2v) is 4.98. The van der Waals surface area contributed by atoms with Gasteiger partial charge in [-0.25, -0.2) is 9.36 Å². The fourth-order valence-electron chi connectivity index (χ4n) is 2.25. The van der Waals surface area contributed by atoms with Crippen molar-refractivity contribution in [3.63, 3.8) is 0 Å². The third-order valence-corrected chi connectivity index (χ3v) is 3.22. The molecule has 6 heteroatoms. The molecule has 0 aliphatic rings. The maximum atomic E-state index is 11.8. The molecule has 0 aliphatic carbocycles. The van der Waals surface area contributed by atoms with Gasteiger partial charge in [-0.15, -0.1) is 0 Å². The lowest BCUT2D eigenvalue weighted by Gasteiger charge is -2.02. The van der Waals surface area contributed by atoms with Crippen LogP contribution in [0, 0.1) is 6.92 Å². The minimum absolute atomic E-state index is 0.00433. The SMILES string of the molecule is CCOC(=O)C[n+]1c(CC(C)=O)nn(-c2ccccc2)c1C. The topological polar surface area (TPSA) is 65.1 Å². The standard InChI is InChI=1S/C16H20N3O3/c1-4-22-16(21)11-18-13(3)19(14-8-6-5-7-9-14)17-15(18)10-12(2)20/h5-9H,4,10-11H2,1-3H3/q+1. The summed E-state index contributed by atoms with van der Waals surface area (Å²) in [5.74, 6) is 0.987. The highest BCUT2D eigenvalue weighted by Crippen LogP contribution is 2.08. The number of Topliss-reactive ketones (excluding diaryl/α,β-unsaturated/α-hetero) is 1. The van der Waals surface area contributed by atoms with Crippen LogP contribution in [0.15, 0.2) is 30.3 Å². The zero-order chi connectivity index (χ0) is 16.1. The van der Waals surface area contributed by atoms with Gasteiger partial charge >= 0.3 is 5.97 Å². The average molecular weight is 302 g/mol. The summed E-state index contributed by atoms with van der Waals surface area (Å²) in [6.07, 6.45) is 0.181. The van der Waals surface area contributed by atoms with Gasteiger partial charge in [-0.3, -0.25) is 4.79 Å². The molecule has 0 bridgehead atoms. The monoisotopic (exact) mass is 302 g/mol. The number of ether oxygens (including phenoxy) is 1. The van der Waals surface area contributed by atoms with Crippen LogP contribution in [0.4, 0.5) is 0 Å². The van der Waals surface area contributed by atoms with Gasteiger partial charge in [0.15, 0.2) is 6.54 Å². The highest BCUT2D eigenvalue weighted by molar-refractivity contribution is 5.77. The van der Waals surface area contributed by atoms with E-state index in [1.54, 1.807) is 16.2 Å². The minimum atomic E-state index is -0.340. The van der Waals surface area contributed by atoms with Crippen molar-refractivity contribution in [1.82, 2.24) is 9.78 Å². The molecule has 0 radical (unpaired) electrons. The Bertz CT molecular complexity index is 677. The highest BCUT2D eigenvalue weighted by atomic mass is 16.5. The van der Waals surface area contributed by atoms with Gasteiger partial charge in [0.25, 0.3) is 5.82 Å². The van der Waals surface area contributed by atoms with Crippen molar-refractivity contribution in [2.45, 2.75) is 33.7 Å². The number of hydrogen-bond acceptors (Lipinski definition) is 4. The van der Waals surface area contributed by atoms with Crippen molar-refractivity contribution >= 4 is 11.8 Å². The van der Waals surface area contributed by atoms with E-state index in [9.17, 15) is 9.59 Å². The first-order chi connectivity index (χ1) is 10.5. The number of nitrogens with zero attached hydrogens (tertiary/aromatic N) is 3. The Morgan fingerprint density at radius 1 is 1.27 bits per heavy atom. The van der Waals surface area contributed by atoms with E-state index >= 15 is 0 Å². The molecule has 1 aromatic carbocycles. The van der Waals surface area contributed by atoms with E-state index in [1.807, 2.05) is 37.3 Å². The van der Waals surface area contributed by atoms with Crippen LogP contribution in [-0.4, -0.2) is 28.1 Å². The molecule has 0 fully saturated rings. The Kier molecular flexibility index (Phi) is 5.04. The lowest BCUT2D eigenvalue weighted by Crippen LogP contribution is -2.44. The number of benzene rings is 1. The average Bonchev–Trinajstić information content (AvgIpc) is 2.77. The third kappa shape index (κ3) is 3.58. The molecule has 0 unspecified atom stereocenters. The maximum absolute atomic E-state index is 11.8. The summed E-state index contributed by atoms with van der Waals surface area (Å²) in [7, 11) is 0. The summed E-state index contributed by atoms with van der Waals surface area (Å²) >= 11 is 0. The molecule has 22 heavy (non-hydrogen) atoms. The zero-order valence-electron chi connectivity index (χ0n) is 13.1. The van der Waals surface area contributed by atoms with Gasteiger partial charge < -0.3 is 4.74 Å². The second kappa shape index (κ2) is 6.98. The molecular weight excluding hydrogens is 282 g/mol. The Hall–Kier alpha value is -2.50. The Morgan fingerprint density at radius 2 is 1.95 bits per heavy atom. The number of esters is 1. The van der Waals surface area contributed by atoms with Crippen LogP contribution in [0.25, 0.3) is 5.69 Å². The van der Waals surface area contributed by atoms with Gasteiger partial charge in [0.05, 0.1) is 13.0 Å². The molecule has 6 nitrogen and oxygen atoms in total. The predicted octanol–water partition coefficient (Wildman–Crippen LogP) is 1.16. The minimum Gasteiger partial charge on any atom is -0.464 e. The number of carbonyl (C=O) groups excluding carboxylic acids is 2. The fourth-order valence-corrected chi connectivity index (χ4v) is 2.25. The van der Waals surface area contributed by atoms with Crippen LogP contribution in [0.3, 0.4) is 0 Å². The summed E-state index contributed by atoms with van der Waals surface area (Å²) in [5, 5.41) is 4.48. The van der Waals surface area contributed by atoms with E-state index in [-0.39, 0.29) is 24.7 Å². The number of aromatic nitrogens is 3.